The lowest BCUT2D eigenvalue weighted by atomic mass is 10.2. The Bertz CT molecular complexity index is 651. The van der Waals surface area contributed by atoms with E-state index in [0.717, 1.165) is 9.88 Å². The fraction of sp³-hybridized carbons (Fsp3) is 0.167. The quantitative estimate of drug-likeness (QED) is 0.690. The van der Waals surface area contributed by atoms with Crippen molar-refractivity contribution in [1.82, 2.24) is 4.98 Å². The molecule has 0 atom stereocenters. The van der Waals surface area contributed by atoms with Crippen LogP contribution in [0.1, 0.15) is 20.4 Å². The van der Waals surface area contributed by atoms with E-state index in [4.69, 9.17) is 0 Å². The second kappa shape index (κ2) is 5.15. The number of carbonyl (C=O) groups excluding carboxylic acids is 1. The molecule has 7 heteroatoms. The van der Waals surface area contributed by atoms with Gasteiger partial charge in [0.2, 0.25) is 0 Å². The minimum atomic E-state index is -0.533. The molecule has 0 aliphatic carbocycles. The average Bonchev–Trinajstić information content (AvgIpc) is 2.69. The predicted molar refractivity (Wildman–Crippen MR) is 72.6 cm³/mol. The van der Waals surface area contributed by atoms with Crippen molar-refractivity contribution in [2.45, 2.75) is 13.8 Å². The number of nitro groups is 1. The van der Waals surface area contributed by atoms with E-state index in [1.807, 2.05) is 0 Å². The molecule has 1 amide bonds. The number of amides is 1. The highest BCUT2D eigenvalue weighted by atomic mass is 32.1. The molecule has 0 unspecified atom stereocenters. The first-order chi connectivity index (χ1) is 8.99. The van der Waals surface area contributed by atoms with Crippen molar-refractivity contribution < 1.29 is 9.72 Å². The van der Waals surface area contributed by atoms with Gasteiger partial charge < -0.3 is 5.32 Å². The van der Waals surface area contributed by atoms with Crippen LogP contribution in [0.4, 0.5) is 11.4 Å². The number of nitrogens with zero attached hydrogens (tertiary/aromatic N) is 2. The Morgan fingerprint density at radius 2 is 2.05 bits per heavy atom. The van der Waals surface area contributed by atoms with Gasteiger partial charge in [-0.15, -0.1) is 11.3 Å². The van der Waals surface area contributed by atoms with Gasteiger partial charge in [-0.05, 0) is 19.9 Å². The molecule has 2 rings (SSSR count). The summed E-state index contributed by atoms with van der Waals surface area (Å²) >= 11 is 1.41. The van der Waals surface area contributed by atoms with Crippen LogP contribution >= 0.6 is 11.3 Å². The van der Waals surface area contributed by atoms with Gasteiger partial charge in [-0.25, -0.2) is 4.98 Å². The first-order valence-corrected chi connectivity index (χ1v) is 6.29. The number of nitrogens with one attached hydrogen (secondary N) is 1. The molecule has 0 saturated carbocycles. The van der Waals surface area contributed by atoms with Crippen LogP contribution in [0.25, 0.3) is 0 Å². The second-order valence-electron chi connectivity index (χ2n) is 3.87. The number of rotatable bonds is 3. The first kappa shape index (κ1) is 13.2. The van der Waals surface area contributed by atoms with E-state index < -0.39 is 10.8 Å². The van der Waals surface area contributed by atoms with Gasteiger partial charge in [0.05, 0.1) is 9.93 Å². The number of benzene rings is 1. The van der Waals surface area contributed by atoms with Crippen LogP contribution in [-0.2, 0) is 0 Å². The van der Waals surface area contributed by atoms with Gasteiger partial charge in [0.25, 0.3) is 11.6 Å². The molecule has 1 heterocycles. The summed E-state index contributed by atoms with van der Waals surface area (Å²) < 4.78 is 0. The number of thiazole rings is 1. The van der Waals surface area contributed by atoms with Crippen LogP contribution in [0, 0.1) is 24.0 Å². The summed E-state index contributed by atoms with van der Waals surface area (Å²) in [6, 6.07) is 6.01. The maximum Gasteiger partial charge on any atom is 0.292 e. The van der Waals surface area contributed by atoms with Crippen molar-refractivity contribution >= 4 is 28.6 Å². The number of para-hydroxylation sites is 2. The lowest BCUT2D eigenvalue weighted by molar-refractivity contribution is -0.383. The van der Waals surface area contributed by atoms with Crippen molar-refractivity contribution in [3.05, 3.63) is 50.0 Å². The summed E-state index contributed by atoms with van der Waals surface area (Å²) in [4.78, 5) is 27.3. The van der Waals surface area contributed by atoms with Crippen molar-refractivity contribution in [1.29, 1.82) is 0 Å². The van der Waals surface area contributed by atoms with E-state index in [1.165, 1.54) is 23.5 Å². The molecule has 6 nitrogen and oxygen atoms in total. The topological polar surface area (TPSA) is 85.1 Å². The zero-order valence-corrected chi connectivity index (χ0v) is 11.2. The molecular formula is C12H11N3O3S. The summed E-state index contributed by atoms with van der Waals surface area (Å²) in [6.07, 6.45) is 0. The Hall–Kier alpha value is -2.28. The molecule has 0 aliphatic rings. The monoisotopic (exact) mass is 277 g/mol. The van der Waals surface area contributed by atoms with Gasteiger partial charge in [-0.3, -0.25) is 14.9 Å². The molecule has 0 bridgehead atoms. The summed E-state index contributed by atoms with van der Waals surface area (Å²) in [6.45, 7) is 3.60. The van der Waals surface area contributed by atoms with Gasteiger partial charge in [0.1, 0.15) is 11.4 Å². The van der Waals surface area contributed by atoms with Gasteiger partial charge in [-0.2, -0.15) is 0 Å². The third-order valence-corrected chi connectivity index (χ3v) is 3.35. The lowest BCUT2D eigenvalue weighted by Crippen LogP contribution is -2.14. The normalized spacial score (nSPS) is 10.2. The summed E-state index contributed by atoms with van der Waals surface area (Å²) in [5.41, 5.74) is 0.337. The average molecular weight is 277 g/mol. The van der Waals surface area contributed by atoms with Gasteiger partial charge in [0, 0.05) is 10.9 Å². The van der Waals surface area contributed by atoms with E-state index in [-0.39, 0.29) is 11.4 Å². The van der Waals surface area contributed by atoms with Crippen LogP contribution in [0.2, 0.25) is 0 Å². The molecule has 2 aromatic rings. The SMILES string of the molecule is Cc1nc(C(=O)Nc2ccccc2[N+](=O)[O-])c(C)s1. The number of aromatic nitrogens is 1. The number of carbonyl (C=O) groups is 1. The molecule has 0 spiro atoms. The fourth-order valence-electron chi connectivity index (χ4n) is 1.66. The van der Waals surface area contributed by atoms with E-state index in [2.05, 4.69) is 10.3 Å². The maximum absolute atomic E-state index is 12.0. The predicted octanol–water partition coefficient (Wildman–Crippen LogP) is 2.92. The standard InChI is InChI=1S/C12H11N3O3S/c1-7-11(13-8(2)19-7)12(16)14-9-5-3-4-6-10(9)15(17)18/h3-6H,1-2H3,(H,14,16). The Morgan fingerprint density at radius 3 is 2.63 bits per heavy atom. The number of nitro benzene ring substituents is 1. The van der Waals surface area contributed by atoms with Crippen LogP contribution in [0.3, 0.4) is 0 Å². The third kappa shape index (κ3) is 2.76. The van der Waals surface area contributed by atoms with E-state index in [0.29, 0.717) is 5.69 Å². The molecular weight excluding hydrogens is 266 g/mol. The minimum Gasteiger partial charge on any atom is -0.315 e. The van der Waals surface area contributed by atoms with Gasteiger partial charge >= 0.3 is 0 Å². The van der Waals surface area contributed by atoms with Crippen molar-refractivity contribution in [2.75, 3.05) is 5.32 Å². The summed E-state index contributed by atoms with van der Waals surface area (Å²) in [7, 11) is 0. The summed E-state index contributed by atoms with van der Waals surface area (Å²) in [5, 5.41) is 14.2. The van der Waals surface area contributed by atoms with Crippen LogP contribution in [-0.4, -0.2) is 15.8 Å². The van der Waals surface area contributed by atoms with E-state index in [9.17, 15) is 14.9 Å². The van der Waals surface area contributed by atoms with Gasteiger partial charge in [-0.1, -0.05) is 12.1 Å². The second-order valence-corrected chi connectivity index (χ2v) is 5.27. The van der Waals surface area contributed by atoms with Crippen LogP contribution in [0.15, 0.2) is 24.3 Å². The molecule has 0 saturated heterocycles. The number of aryl methyl sites for hydroxylation is 2. The molecule has 0 fully saturated rings. The Kier molecular flexibility index (Phi) is 3.57. The third-order valence-electron chi connectivity index (χ3n) is 2.47. The molecule has 1 aromatic carbocycles. The summed E-state index contributed by atoms with van der Waals surface area (Å²) in [5.74, 6) is -0.434. The molecule has 0 radical (unpaired) electrons. The van der Waals surface area contributed by atoms with Crippen LogP contribution < -0.4 is 5.32 Å². The van der Waals surface area contributed by atoms with Crippen molar-refractivity contribution in [3.8, 4) is 0 Å². The fourth-order valence-corrected chi connectivity index (χ4v) is 2.47. The zero-order chi connectivity index (χ0) is 14.0. The molecule has 98 valence electrons. The molecule has 0 aliphatic heterocycles. The van der Waals surface area contributed by atoms with Crippen molar-refractivity contribution in [3.63, 3.8) is 0 Å². The van der Waals surface area contributed by atoms with E-state index >= 15 is 0 Å². The maximum atomic E-state index is 12.0. The van der Waals surface area contributed by atoms with E-state index in [1.54, 1.807) is 26.0 Å². The highest BCUT2D eigenvalue weighted by Crippen LogP contribution is 2.24. The highest BCUT2D eigenvalue weighted by Gasteiger charge is 2.18. The Balaban J connectivity index is 2.29. The molecule has 1 aromatic heterocycles. The smallest absolute Gasteiger partial charge is 0.292 e. The van der Waals surface area contributed by atoms with Gasteiger partial charge in [0.15, 0.2) is 0 Å². The molecule has 19 heavy (non-hydrogen) atoms. The lowest BCUT2D eigenvalue weighted by Gasteiger charge is -2.04. The zero-order valence-electron chi connectivity index (χ0n) is 10.3. The largest absolute Gasteiger partial charge is 0.315 e. The molecule has 1 N–H and O–H groups in total. The van der Waals surface area contributed by atoms with Crippen molar-refractivity contribution in [2.24, 2.45) is 0 Å². The van der Waals surface area contributed by atoms with Crippen LogP contribution in [0.5, 0.6) is 0 Å². The minimum absolute atomic E-state index is 0.138. The Labute approximate surface area is 113 Å². The highest BCUT2D eigenvalue weighted by molar-refractivity contribution is 7.11. The number of hydrogen-bond donors (Lipinski definition) is 1. The number of hydrogen-bond acceptors (Lipinski definition) is 5. The number of anilines is 1. The first-order valence-electron chi connectivity index (χ1n) is 5.48. The Morgan fingerprint density at radius 1 is 1.37 bits per heavy atom.